The molecule has 0 bridgehead atoms. The zero-order valence-corrected chi connectivity index (χ0v) is 8.47. The molecule has 1 fully saturated rings. The van der Waals surface area contributed by atoms with Crippen LogP contribution in [0.2, 0.25) is 0 Å². The average molecular weight is 213 g/mol. The molecule has 76 valence electrons. The summed E-state index contributed by atoms with van der Waals surface area (Å²) in [6.07, 6.45) is 2.77. The van der Waals surface area contributed by atoms with Crippen LogP contribution in [0.4, 0.5) is 0 Å². The van der Waals surface area contributed by atoms with Crippen LogP contribution < -0.4 is 4.72 Å². The van der Waals surface area contributed by atoms with Crippen LogP contribution in [0.5, 0.6) is 0 Å². The van der Waals surface area contributed by atoms with Gasteiger partial charge < -0.3 is 0 Å². The van der Waals surface area contributed by atoms with Crippen LogP contribution in [0.1, 0.15) is 25.7 Å². The fourth-order valence-corrected chi connectivity index (χ4v) is 2.72. The van der Waals surface area contributed by atoms with Crippen molar-refractivity contribution >= 4 is 10.0 Å². The van der Waals surface area contributed by atoms with E-state index in [4.69, 9.17) is 10.5 Å². The third kappa shape index (κ3) is 2.44. The Morgan fingerprint density at radius 3 is 2.29 bits per heavy atom. The summed E-state index contributed by atoms with van der Waals surface area (Å²) in [5.41, 5.74) is -0.963. The lowest BCUT2D eigenvalue weighted by Crippen LogP contribution is -2.45. The molecule has 0 aromatic heterocycles. The van der Waals surface area contributed by atoms with Gasteiger partial charge in [0.1, 0.15) is 5.54 Å². The Balaban J connectivity index is 2.77. The Morgan fingerprint density at radius 1 is 1.29 bits per heavy atom. The highest BCUT2D eigenvalue weighted by molar-refractivity contribution is 7.89. The number of nitrogens with zero attached hydrogens (tertiary/aromatic N) is 2. The van der Waals surface area contributed by atoms with Gasteiger partial charge in [0.05, 0.1) is 12.1 Å². The third-order valence-corrected chi connectivity index (χ3v) is 3.49. The highest BCUT2D eigenvalue weighted by atomic mass is 32.2. The normalized spacial score (nSPS) is 19.9. The van der Waals surface area contributed by atoms with Gasteiger partial charge in [-0.25, -0.2) is 8.42 Å². The van der Waals surface area contributed by atoms with Gasteiger partial charge in [0.25, 0.3) is 0 Å². The highest BCUT2D eigenvalue weighted by Crippen LogP contribution is 2.29. The van der Waals surface area contributed by atoms with Crippen molar-refractivity contribution in [1.82, 2.24) is 4.72 Å². The molecule has 0 aromatic rings. The summed E-state index contributed by atoms with van der Waals surface area (Å²) in [6, 6.07) is 3.56. The van der Waals surface area contributed by atoms with E-state index in [0.29, 0.717) is 12.8 Å². The zero-order chi connectivity index (χ0) is 10.7. The Kier molecular flexibility index (Phi) is 3.10. The van der Waals surface area contributed by atoms with Crippen LogP contribution in [0, 0.1) is 22.7 Å². The lowest BCUT2D eigenvalue weighted by Gasteiger charge is -2.20. The zero-order valence-electron chi connectivity index (χ0n) is 7.65. The summed E-state index contributed by atoms with van der Waals surface area (Å²) in [6.45, 7) is 0. The van der Waals surface area contributed by atoms with Crippen LogP contribution in [0.15, 0.2) is 0 Å². The molecule has 1 aliphatic rings. The highest BCUT2D eigenvalue weighted by Gasteiger charge is 2.37. The lowest BCUT2D eigenvalue weighted by molar-refractivity contribution is 0.487. The number of sulfonamides is 1. The van der Waals surface area contributed by atoms with Crippen LogP contribution >= 0.6 is 0 Å². The van der Waals surface area contributed by atoms with Crippen molar-refractivity contribution in [2.45, 2.75) is 31.2 Å². The van der Waals surface area contributed by atoms with E-state index in [0.717, 1.165) is 12.8 Å². The first-order valence-electron chi connectivity index (χ1n) is 4.33. The molecular formula is C8H11N3O2S. The van der Waals surface area contributed by atoms with Crippen molar-refractivity contribution in [3.63, 3.8) is 0 Å². The molecule has 6 heteroatoms. The van der Waals surface area contributed by atoms with Gasteiger partial charge >= 0.3 is 0 Å². The van der Waals surface area contributed by atoms with Gasteiger partial charge in [0, 0.05) is 0 Å². The summed E-state index contributed by atoms with van der Waals surface area (Å²) in [7, 11) is -3.62. The van der Waals surface area contributed by atoms with E-state index < -0.39 is 21.3 Å². The third-order valence-electron chi connectivity index (χ3n) is 2.28. The molecule has 0 aliphatic heterocycles. The quantitative estimate of drug-likeness (QED) is 0.727. The second kappa shape index (κ2) is 3.95. The first-order valence-corrected chi connectivity index (χ1v) is 5.99. The van der Waals surface area contributed by atoms with Crippen LogP contribution in [0.3, 0.4) is 0 Å². The smallest absolute Gasteiger partial charge is 0.211 e. The SMILES string of the molecule is N#CCS(=O)(=O)NC1(C#N)CCCC1. The standard InChI is InChI=1S/C8H11N3O2S/c9-5-6-14(12,13)11-8(7-10)3-1-2-4-8/h11H,1-4,6H2. The number of nitrogens with one attached hydrogen (secondary N) is 1. The van der Waals surface area contributed by atoms with Crippen LogP contribution in [-0.2, 0) is 10.0 Å². The van der Waals surface area contributed by atoms with Crippen molar-refractivity contribution in [1.29, 1.82) is 10.5 Å². The van der Waals surface area contributed by atoms with Crippen LogP contribution in [-0.4, -0.2) is 19.7 Å². The van der Waals surface area contributed by atoms with E-state index in [1.54, 1.807) is 6.07 Å². The second-order valence-electron chi connectivity index (χ2n) is 3.42. The van der Waals surface area contributed by atoms with Gasteiger partial charge in [-0.3, -0.25) is 0 Å². The van der Waals surface area contributed by atoms with Crippen molar-refractivity contribution < 1.29 is 8.42 Å². The van der Waals surface area contributed by atoms with Crippen LogP contribution in [0.25, 0.3) is 0 Å². The lowest BCUT2D eigenvalue weighted by atomic mass is 10.0. The molecule has 0 saturated heterocycles. The molecule has 1 aliphatic carbocycles. The minimum atomic E-state index is -3.62. The summed E-state index contributed by atoms with van der Waals surface area (Å²) in [4.78, 5) is 0. The molecule has 0 atom stereocenters. The van der Waals surface area contributed by atoms with E-state index in [1.807, 2.05) is 6.07 Å². The fraction of sp³-hybridized carbons (Fsp3) is 0.750. The molecular weight excluding hydrogens is 202 g/mol. The molecule has 14 heavy (non-hydrogen) atoms. The Morgan fingerprint density at radius 2 is 1.86 bits per heavy atom. The molecule has 0 aromatic carbocycles. The summed E-state index contributed by atoms with van der Waals surface area (Å²) >= 11 is 0. The first-order chi connectivity index (χ1) is 6.54. The molecule has 1 rings (SSSR count). The summed E-state index contributed by atoms with van der Waals surface area (Å²) in [5, 5.41) is 17.2. The minimum absolute atomic E-state index is 0.536. The van der Waals surface area contributed by atoms with Gasteiger partial charge in [0.2, 0.25) is 10.0 Å². The van der Waals surface area contributed by atoms with Crippen molar-refractivity contribution in [2.75, 3.05) is 5.75 Å². The summed E-state index contributed by atoms with van der Waals surface area (Å²) < 4.78 is 24.8. The maximum Gasteiger partial charge on any atom is 0.226 e. The maximum absolute atomic E-state index is 11.3. The fourth-order valence-electron chi connectivity index (χ4n) is 1.63. The molecule has 0 radical (unpaired) electrons. The van der Waals surface area contributed by atoms with E-state index in [1.165, 1.54) is 0 Å². The van der Waals surface area contributed by atoms with Crippen molar-refractivity contribution in [2.24, 2.45) is 0 Å². The van der Waals surface area contributed by atoms with Crippen molar-refractivity contribution in [3.8, 4) is 12.1 Å². The van der Waals surface area contributed by atoms with Gasteiger partial charge in [-0.15, -0.1) is 0 Å². The second-order valence-corrected chi connectivity index (χ2v) is 5.14. The first kappa shape index (κ1) is 11.0. The average Bonchev–Trinajstić information content (AvgIpc) is 2.53. The van der Waals surface area contributed by atoms with Gasteiger partial charge in [0.15, 0.2) is 5.75 Å². The van der Waals surface area contributed by atoms with E-state index >= 15 is 0 Å². The maximum atomic E-state index is 11.3. The van der Waals surface area contributed by atoms with Gasteiger partial charge in [-0.2, -0.15) is 15.2 Å². The van der Waals surface area contributed by atoms with Crippen molar-refractivity contribution in [3.05, 3.63) is 0 Å². The molecule has 0 spiro atoms. The molecule has 0 heterocycles. The Bertz CT molecular complexity index is 382. The largest absolute Gasteiger partial charge is 0.226 e. The molecule has 0 amide bonds. The Hall–Kier alpha value is -1.11. The number of hydrogen-bond acceptors (Lipinski definition) is 4. The predicted octanol–water partition coefficient (Wildman–Crippen LogP) is 0.266. The number of rotatable bonds is 3. The van der Waals surface area contributed by atoms with Gasteiger partial charge in [-0.1, -0.05) is 12.8 Å². The Labute approximate surface area is 83.4 Å². The molecule has 1 N–H and O–H groups in total. The van der Waals surface area contributed by atoms with E-state index in [2.05, 4.69) is 4.72 Å². The number of nitriles is 2. The molecule has 0 unspecified atom stereocenters. The predicted molar refractivity (Wildman–Crippen MR) is 49.3 cm³/mol. The molecule has 5 nitrogen and oxygen atoms in total. The number of hydrogen-bond donors (Lipinski definition) is 1. The van der Waals surface area contributed by atoms with Gasteiger partial charge in [-0.05, 0) is 12.8 Å². The monoisotopic (exact) mass is 213 g/mol. The topological polar surface area (TPSA) is 93.8 Å². The minimum Gasteiger partial charge on any atom is -0.211 e. The summed E-state index contributed by atoms with van der Waals surface area (Å²) in [5.74, 6) is -0.587. The molecule has 1 saturated carbocycles. The van der Waals surface area contributed by atoms with E-state index in [9.17, 15) is 8.42 Å². The van der Waals surface area contributed by atoms with E-state index in [-0.39, 0.29) is 0 Å².